The Balaban J connectivity index is 1.59. The molecule has 0 spiro atoms. The predicted molar refractivity (Wildman–Crippen MR) is 119 cm³/mol. The third kappa shape index (κ3) is 5.66. The van der Waals surface area contributed by atoms with Gasteiger partial charge in [0.15, 0.2) is 0 Å². The number of fused-ring (bicyclic) bond motifs is 1. The van der Waals surface area contributed by atoms with Crippen LogP contribution in [-0.2, 0) is 10.5 Å². The number of benzene rings is 1. The Morgan fingerprint density at radius 1 is 1.34 bits per heavy atom. The van der Waals surface area contributed by atoms with E-state index >= 15 is 0 Å². The zero-order valence-electron chi connectivity index (χ0n) is 17.1. The molecule has 7 nitrogen and oxygen atoms in total. The number of nitrogens with zero attached hydrogens (tertiary/aromatic N) is 2. The summed E-state index contributed by atoms with van der Waals surface area (Å²) >= 11 is 5.20. The van der Waals surface area contributed by atoms with Crippen molar-refractivity contribution in [2.45, 2.75) is 50.2 Å². The second-order valence-corrected chi connectivity index (χ2v) is 10.1. The molecule has 0 aliphatic carbocycles. The van der Waals surface area contributed by atoms with Crippen molar-refractivity contribution in [3.05, 3.63) is 32.8 Å². The van der Waals surface area contributed by atoms with Gasteiger partial charge in [0.1, 0.15) is 17.2 Å². The Bertz CT molecular complexity index is 949. The van der Waals surface area contributed by atoms with Crippen LogP contribution in [0.5, 0.6) is 5.75 Å². The number of hydrogen-bond acceptors (Lipinski definition) is 6. The molecular formula is C20H26BrN3O4S. The van der Waals surface area contributed by atoms with Crippen LogP contribution in [0.1, 0.15) is 39.4 Å². The van der Waals surface area contributed by atoms with Crippen molar-refractivity contribution >= 4 is 44.7 Å². The molecule has 1 aliphatic rings. The van der Waals surface area contributed by atoms with Gasteiger partial charge >= 0.3 is 6.09 Å². The molecule has 2 aromatic rings. The Hall–Kier alpha value is -1.74. The third-order valence-corrected chi connectivity index (χ3v) is 6.58. The van der Waals surface area contributed by atoms with Gasteiger partial charge < -0.3 is 19.4 Å². The highest BCUT2D eigenvalue weighted by Gasteiger charge is 2.27. The van der Waals surface area contributed by atoms with Gasteiger partial charge in [0.25, 0.3) is 5.56 Å². The lowest BCUT2D eigenvalue weighted by Gasteiger charge is -2.33. The summed E-state index contributed by atoms with van der Waals surface area (Å²) in [5.41, 5.74) is -0.0112. The Morgan fingerprint density at radius 3 is 2.66 bits per heavy atom. The number of halogens is 1. The molecule has 0 radical (unpaired) electrons. The molecule has 1 N–H and O–H groups in total. The van der Waals surface area contributed by atoms with Gasteiger partial charge in [-0.25, -0.2) is 9.78 Å². The molecule has 1 aromatic heterocycles. The lowest BCUT2D eigenvalue weighted by atomic mass is 10.1. The van der Waals surface area contributed by atoms with E-state index in [-0.39, 0.29) is 11.7 Å². The van der Waals surface area contributed by atoms with Crippen LogP contribution in [0.3, 0.4) is 0 Å². The van der Waals surface area contributed by atoms with Gasteiger partial charge in [-0.05, 0) is 61.7 Å². The summed E-state index contributed by atoms with van der Waals surface area (Å²) in [6.45, 7) is 6.99. The number of rotatable bonds is 4. The monoisotopic (exact) mass is 483 g/mol. The van der Waals surface area contributed by atoms with Gasteiger partial charge in [-0.15, -0.1) is 0 Å². The summed E-state index contributed by atoms with van der Waals surface area (Å²) in [4.78, 5) is 33.8. The Labute approximate surface area is 182 Å². The molecule has 1 aromatic carbocycles. The van der Waals surface area contributed by atoms with Crippen LogP contribution < -0.4 is 10.3 Å². The van der Waals surface area contributed by atoms with E-state index in [4.69, 9.17) is 9.47 Å². The largest absolute Gasteiger partial charge is 0.496 e. The molecule has 1 aliphatic heterocycles. The minimum Gasteiger partial charge on any atom is -0.496 e. The average Bonchev–Trinajstić information content (AvgIpc) is 2.65. The number of thioether (sulfide) groups is 1. The molecule has 1 fully saturated rings. The van der Waals surface area contributed by atoms with Crippen LogP contribution in [0.25, 0.3) is 10.9 Å². The Morgan fingerprint density at radius 2 is 2.03 bits per heavy atom. The molecule has 1 amide bonds. The van der Waals surface area contributed by atoms with E-state index < -0.39 is 5.60 Å². The van der Waals surface area contributed by atoms with Crippen molar-refractivity contribution in [3.8, 4) is 5.75 Å². The first-order valence-corrected chi connectivity index (χ1v) is 11.4. The predicted octanol–water partition coefficient (Wildman–Crippen LogP) is 4.33. The molecule has 0 saturated carbocycles. The molecule has 2 heterocycles. The number of hydrogen-bond donors (Lipinski definition) is 1. The zero-order valence-corrected chi connectivity index (χ0v) is 19.5. The van der Waals surface area contributed by atoms with Crippen molar-refractivity contribution < 1.29 is 14.3 Å². The van der Waals surface area contributed by atoms with Gasteiger partial charge in [0.05, 0.1) is 28.2 Å². The maximum Gasteiger partial charge on any atom is 0.410 e. The minimum atomic E-state index is -0.477. The molecule has 29 heavy (non-hydrogen) atoms. The van der Waals surface area contributed by atoms with Crippen molar-refractivity contribution in [2.24, 2.45) is 0 Å². The van der Waals surface area contributed by atoms with Crippen molar-refractivity contribution in [3.63, 3.8) is 0 Å². The normalized spacial score (nSPS) is 15.6. The number of aromatic nitrogens is 2. The van der Waals surface area contributed by atoms with Crippen LogP contribution in [0.4, 0.5) is 4.79 Å². The van der Waals surface area contributed by atoms with Gasteiger partial charge in [-0.2, -0.15) is 11.8 Å². The fourth-order valence-electron chi connectivity index (χ4n) is 3.14. The van der Waals surface area contributed by atoms with Crippen LogP contribution >= 0.6 is 27.7 Å². The number of aromatic amines is 1. The molecule has 0 bridgehead atoms. The highest BCUT2D eigenvalue weighted by molar-refractivity contribution is 9.10. The highest BCUT2D eigenvalue weighted by atomic mass is 79.9. The van der Waals surface area contributed by atoms with Crippen LogP contribution in [0.15, 0.2) is 21.4 Å². The quantitative estimate of drug-likeness (QED) is 0.696. The first kappa shape index (κ1) is 22.0. The van der Waals surface area contributed by atoms with Gasteiger partial charge in [-0.3, -0.25) is 4.79 Å². The van der Waals surface area contributed by atoms with E-state index in [0.717, 1.165) is 17.3 Å². The van der Waals surface area contributed by atoms with E-state index in [0.29, 0.717) is 46.6 Å². The molecule has 0 unspecified atom stereocenters. The first-order chi connectivity index (χ1) is 13.7. The topological polar surface area (TPSA) is 84.5 Å². The van der Waals surface area contributed by atoms with Crippen molar-refractivity contribution in [1.82, 2.24) is 14.9 Å². The number of nitrogens with one attached hydrogen (secondary N) is 1. The third-order valence-electron chi connectivity index (χ3n) is 4.58. The number of ether oxygens (including phenoxy) is 2. The molecule has 3 rings (SSSR count). The summed E-state index contributed by atoms with van der Waals surface area (Å²) in [5.74, 6) is 1.87. The molecule has 1 saturated heterocycles. The number of amides is 1. The number of piperidine rings is 1. The summed E-state index contributed by atoms with van der Waals surface area (Å²) in [7, 11) is 1.56. The van der Waals surface area contributed by atoms with Crippen molar-refractivity contribution in [1.29, 1.82) is 0 Å². The SMILES string of the molecule is COc1cc2c(=O)[nH]c(CSC3CCN(C(=O)OC(C)(C)C)CC3)nc2cc1Br. The van der Waals surface area contributed by atoms with E-state index in [1.165, 1.54) is 0 Å². The lowest BCUT2D eigenvalue weighted by molar-refractivity contribution is 0.0219. The fraction of sp³-hybridized carbons (Fsp3) is 0.550. The molecule has 0 atom stereocenters. The number of H-pyrrole nitrogens is 1. The fourth-order valence-corrected chi connectivity index (χ4v) is 4.71. The average molecular weight is 484 g/mol. The van der Waals surface area contributed by atoms with E-state index in [2.05, 4.69) is 25.9 Å². The summed E-state index contributed by atoms with van der Waals surface area (Å²) in [6, 6.07) is 3.49. The maximum atomic E-state index is 12.4. The summed E-state index contributed by atoms with van der Waals surface area (Å²) in [5, 5.41) is 0.918. The maximum absolute atomic E-state index is 12.4. The molecular weight excluding hydrogens is 458 g/mol. The van der Waals surface area contributed by atoms with E-state index in [9.17, 15) is 9.59 Å². The minimum absolute atomic E-state index is 0.170. The standard InChI is InChI=1S/C20H26BrN3O4S/c1-20(2,3)28-19(26)24-7-5-12(6-8-24)29-11-17-22-15-10-14(21)16(27-4)9-13(15)18(25)23-17/h9-10,12H,5-8,11H2,1-4H3,(H,22,23,25). The van der Waals surface area contributed by atoms with Gasteiger partial charge in [-0.1, -0.05) is 0 Å². The number of likely N-dealkylation sites (tertiary alicyclic amines) is 1. The lowest BCUT2D eigenvalue weighted by Crippen LogP contribution is -2.42. The first-order valence-electron chi connectivity index (χ1n) is 9.52. The van der Waals surface area contributed by atoms with Crippen LogP contribution in [0, 0.1) is 0 Å². The second kappa shape index (κ2) is 8.95. The van der Waals surface area contributed by atoms with Gasteiger partial charge in [0, 0.05) is 18.3 Å². The Kier molecular flexibility index (Phi) is 6.78. The highest BCUT2D eigenvalue weighted by Crippen LogP contribution is 2.29. The number of carbonyl (C=O) groups excluding carboxylic acids is 1. The van der Waals surface area contributed by atoms with Gasteiger partial charge in [0.2, 0.25) is 0 Å². The smallest absolute Gasteiger partial charge is 0.410 e. The second-order valence-electron chi connectivity index (χ2n) is 7.99. The molecule has 158 valence electrons. The number of methoxy groups -OCH3 is 1. The van der Waals surface area contributed by atoms with E-state index in [1.807, 2.05) is 20.8 Å². The van der Waals surface area contributed by atoms with Crippen LogP contribution in [-0.4, -0.2) is 52.0 Å². The number of carbonyl (C=O) groups is 1. The molecule has 9 heteroatoms. The van der Waals surface area contributed by atoms with Crippen molar-refractivity contribution in [2.75, 3.05) is 20.2 Å². The zero-order chi connectivity index (χ0) is 21.2. The summed E-state index contributed by atoms with van der Waals surface area (Å²) < 4.78 is 11.5. The summed E-state index contributed by atoms with van der Waals surface area (Å²) in [6.07, 6.45) is 1.54. The van der Waals surface area contributed by atoms with Crippen LogP contribution in [0.2, 0.25) is 0 Å². The van der Waals surface area contributed by atoms with E-state index in [1.54, 1.807) is 35.9 Å².